The largest absolute Gasteiger partial charge is 0.382 e. The van der Waals surface area contributed by atoms with Gasteiger partial charge in [0.25, 0.3) is 0 Å². The Morgan fingerprint density at radius 1 is 1.32 bits per heavy atom. The zero-order valence-electron chi connectivity index (χ0n) is 12.0. The molecular formula is C16H14ClN5. The van der Waals surface area contributed by atoms with Gasteiger partial charge in [-0.3, -0.25) is 0 Å². The van der Waals surface area contributed by atoms with E-state index in [0.29, 0.717) is 22.1 Å². The highest BCUT2D eigenvalue weighted by atomic mass is 35.5. The number of anilines is 1. The molecule has 22 heavy (non-hydrogen) atoms. The minimum absolute atomic E-state index is 0.310. The number of nitriles is 1. The predicted molar refractivity (Wildman–Crippen MR) is 86.6 cm³/mol. The number of benzene rings is 1. The highest BCUT2D eigenvalue weighted by molar-refractivity contribution is 6.30. The monoisotopic (exact) mass is 311 g/mol. The van der Waals surface area contributed by atoms with Crippen LogP contribution in [0.5, 0.6) is 0 Å². The third kappa shape index (κ3) is 2.28. The second-order valence-corrected chi connectivity index (χ2v) is 5.42. The number of aryl methyl sites for hydroxylation is 1. The van der Waals surface area contributed by atoms with Crippen LogP contribution in [0.15, 0.2) is 30.5 Å². The lowest BCUT2D eigenvalue weighted by Gasteiger charge is -2.03. The van der Waals surface area contributed by atoms with Gasteiger partial charge in [0, 0.05) is 10.6 Å². The molecule has 3 rings (SSSR count). The Kier molecular flexibility index (Phi) is 3.70. The molecule has 5 nitrogen and oxygen atoms in total. The van der Waals surface area contributed by atoms with Gasteiger partial charge < -0.3 is 5.73 Å². The Balaban J connectivity index is 2.31. The minimum Gasteiger partial charge on any atom is -0.382 e. The number of hydrogen-bond donors (Lipinski definition) is 1. The first-order valence-electron chi connectivity index (χ1n) is 6.97. The molecule has 0 radical (unpaired) electrons. The molecule has 6 heteroatoms. The van der Waals surface area contributed by atoms with Gasteiger partial charge in [-0.1, -0.05) is 37.1 Å². The fourth-order valence-corrected chi connectivity index (χ4v) is 2.58. The van der Waals surface area contributed by atoms with Crippen molar-refractivity contribution in [2.24, 2.45) is 0 Å². The molecule has 0 atom stereocenters. The molecule has 0 saturated heterocycles. The van der Waals surface area contributed by atoms with Crippen LogP contribution in [0.4, 0.5) is 5.82 Å². The summed E-state index contributed by atoms with van der Waals surface area (Å²) in [5.41, 5.74) is 9.84. The van der Waals surface area contributed by atoms with E-state index in [2.05, 4.69) is 17.0 Å². The first-order valence-corrected chi connectivity index (χ1v) is 7.35. The number of hydrogen-bond acceptors (Lipinski definition) is 4. The van der Waals surface area contributed by atoms with Crippen LogP contribution in [0.3, 0.4) is 0 Å². The van der Waals surface area contributed by atoms with E-state index >= 15 is 0 Å². The van der Waals surface area contributed by atoms with E-state index in [1.165, 1.54) is 6.20 Å². The van der Waals surface area contributed by atoms with E-state index in [4.69, 9.17) is 22.6 Å². The third-order valence-electron chi connectivity index (χ3n) is 3.49. The molecule has 0 fully saturated rings. The Morgan fingerprint density at radius 3 is 2.68 bits per heavy atom. The zero-order valence-corrected chi connectivity index (χ0v) is 12.8. The van der Waals surface area contributed by atoms with Crippen molar-refractivity contribution in [3.8, 4) is 17.2 Å². The second kappa shape index (κ2) is 5.66. The van der Waals surface area contributed by atoms with Crippen LogP contribution in [-0.4, -0.2) is 14.6 Å². The van der Waals surface area contributed by atoms with E-state index < -0.39 is 0 Å². The summed E-state index contributed by atoms with van der Waals surface area (Å²) < 4.78 is 1.55. The average molecular weight is 312 g/mol. The van der Waals surface area contributed by atoms with Crippen LogP contribution >= 0.6 is 11.6 Å². The molecule has 2 N–H and O–H groups in total. The van der Waals surface area contributed by atoms with Crippen molar-refractivity contribution in [1.82, 2.24) is 14.6 Å². The summed E-state index contributed by atoms with van der Waals surface area (Å²) >= 11 is 5.96. The molecule has 1 aromatic carbocycles. The summed E-state index contributed by atoms with van der Waals surface area (Å²) in [6.45, 7) is 2.09. The van der Waals surface area contributed by atoms with Crippen LogP contribution in [0.2, 0.25) is 5.02 Å². The fourth-order valence-electron chi connectivity index (χ4n) is 2.46. The van der Waals surface area contributed by atoms with Crippen molar-refractivity contribution < 1.29 is 0 Å². The van der Waals surface area contributed by atoms with E-state index in [9.17, 15) is 0 Å². The maximum Gasteiger partial charge on any atom is 0.165 e. The van der Waals surface area contributed by atoms with Crippen molar-refractivity contribution in [3.63, 3.8) is 0 Å². The zero-order chi connectivity index (χ0) is 15.7. The SMILES string of the molecule is CCCc1nn2c(N)c(C#N)cnc2c1-c1ccc(Cl)cc1. The molecule has 2 aromatic heterocycles. The molecule has 0 aliphatic carbocycles. The quantitative estimate of drug-likeness (QED) is 0.803. The Bertz CT molecular complexity index is 874. The number of fused-ring (bicyclic) bond motifs is 1. The topological polar surface area (TPSA) is 80.0 Å². The summed E-state index contributed by atoms with van der Waals surface area (Å²) in [4.78, 5) is 4.38. The second-order valence-electron chi connectivity index (χ2n) is 4.98. The maximum atomic E-state index is 9.08. The van der Waals surface area contributed by atoms with Gasteiger partial charge >= 0.3 is 0 Å². The van der Waals surface area contributed by atoms with Crippen molar-refractivity contribution in [2.75, 3.05) is 5.73 Å². The first kappa shape index (κ1) is 14.4. The van der Waals surface area contributed by atoms with Crippen LogP contribution in [0, 0.1) is 11.3 Å². The predicted octanol–water partition coefficient (Wildman–Crippen LogP) is 3.46. The molecule has 0 saturated carbocycles. The normalized spacial score (nSPS) is 10.8. The van der Waals surface area contributed by atoms with Crippen molar-refractivity contribution >= 4 is 23.1 Å². The van der Waals surface area contributed by atoms with E-state index in [1.54, 1.807) is 4.52 Å². The highest BCUT2D eigenvalue weighted by Crippen LogP contribution is 2.30. The number of halogens is 1. The Labute approximate surface area is 133 Å². The Hall–Kier alpha value is -2.58. The van der Waals surface area contributed by atoms with Crippen LogP contribution in [0.1, 0.15) is 24.6 Å². The summed E-state index contributed by atoms with van der Waals surface area (Å²) in [5.74, 6) is 0.310. The highest BCUT2D eigenvalue weighted by Gasteiger charge is 2.18. The molecule has 110 valence electrons. The molecule has 2 heterocycles. The maximum absolute atomic E-state index is 9.08. The molecule has 0 unspecified atom stereocenters. The number of rotatable bonds is 3. The third-order valence-corrected chi connectivity index (χ3v) is 3.75. The molecule has 0 amide bonds. The molecule has 0 bridgehead atoms. The number of nitrogens with two attached hydrogens (primary N) is 1. The van der Waals surface area contributed by atoms with Crippen LogP contribution < -0.4 is 5.73 Å². The summed E-state index contributed by atoms with van der Waals surface area (Å²) in [6.07, 6.45) is 3.25. The summed E-state index contributed by atoms with van der Waals surface area (Å²) in [5, 5.41) is 14.3. The van der Waals surface area contributed by atoms with Gasteiger partial charge in [-0.2, -0.15) is 14.9 Å². The van der Waals surface area contributed by atoms with Gasteiger partial charge in [0.1, 0.15) is 17.5 Å². The van der Waals surface area contributed by atoms with Crippen molar-refractivity contribution in [3.05, 3.63) is 46.7 Å². The van der Waals surface area contributed by atoms with Crippen molar-refractivity contribution in [1.29, 1.82) is 5.26 Å². The average Bonchev–Trinajstić information content (AvgIpc) is 2.88. The molecule has 0 aliphatic heterocycles. The summed E-state index contributed by atoms with van der Waals surface area (Å²) in [6, 6.07) is 9.58. The smallest absolute Gasteiger partial charge is 0.165 e. The molecule has 3 aromatic rings. The lowest BCUT2D eigenvalue weighted by Crippen LogP contribution is -2.03. The van der Waals surface area contributed by atoms with Gasteiger partial charge in [-0.15, -0.1) is 0 Å². The van der Waals surface area contributed by atoms with Gasteiger partial charge in [0.2, 0.25) is 0 Å². The van der Waals surface area contributed by atoms with Gasteiger partial charge in [-0.05, 0) is 24.1 Å². The number of nitrogens with zero attached hydrogens (tertiary/aromatic N) is 4. The van der Waals surface area contributed by atoms with E-state index in [-0.39, 0.29) is 0 Å². The lowest BCUT2D eigenvalue weighted by atomic mass is 10.0. The Morgan fingerprint density at radius 2 is 2.05 bits per heavy atom. The van der Waals surface area contributed by atoms with Crippen LogP contribution in [-0.2, 0) is 6.42 Å². The van der Waals surface area contributed by atoms with Crippen LogP contribution in [0.25, 0.3) is 16.8 Å². The molecule has 0 spiro atoms. The van der Waals surface area contributed by atoms with Gasteiger partial charge in [-0.25, -0.2) is 4.98 Å². The number of aromatic nitrogens is 3. The van der Waals surface area contributed by atoms with E-state index in [1.807, 2.05) is 30.3 Å². The van der Waals surface area contributed by atoms with Gasteiger partial charge in [0.15, 0.2) is 5.65 Å². The molecule has 0 aliphatic rings. The minimum atomic E-state index is 0.310. The molecular weight excluding hydrogens is 298 g/mol. The lowest BCUT2D eigenvalue weighted by molar-refractivity contribution is 0.837. The first-order chi connectivity index (χ1) is 10.7. The standard InChI is InChI=1S/C16H14ClN5/c1-2-3-13-14(10-4-6-12(17)7-5-10)16-20-9-11(8-18)15(19)22(16)21-13/h4-7,9H,2-3,19H2,1H3. The number of nitrogen functional groups attached to an aromatic ring is 1. The van der Waals surface area contributed by atoms with Crippen molar-refractivity contribution in [2.45, 2.75) is 19.8 Å². The summed E-state index contributed by atoms with van der Waals surface area (Å²) in [7, 11) is 0. The van der Waals surface area contributed by atoms with Gasteiger partial charge in [0.05, 0.1) is 11.9 Å². The fraction of sp³-hybridized carbons (Fsp3) is 0.188. The van der Waals surface area contributed by atoms with E-state index in [0.717, 1.165) is 29.7 Å².